The van der Waals surface area contributed by atoms with Gasteiger partial charge in [0.15, 0.2) is 0 Å². The molecule has 0 unspecified atom stereocenters. The molecule has 0 amide bonds. The minimum Gasteiger partial charge on any atom is -0.497 e. The molecule has 3 aromatic carbocycles. The highest BCUT2D eigenvalue weighted by atomic mass is 16.5. The number of hydrogen-bond acceptors (Lipinski definition) is 2. The number of nitrogens with zero attached hydrogens (tertiary/aromatic N) is 2. The van der Waals surface area contributed by atoms with Gasteiger partial charge >= 0.3 is 0 Å². The van der Waals surface area contributed by atoms with Crippen LogP contribution in [0.25, 0.3) is 34.5 Å². The lowest BCUT2D eigenvalue weighted by atomic mass is 10.0. The Morgan fingerprint density at radius 2 is 1.45 bits per heavy atom. The van der Waals surface area contributed by atoms with Crippen LogP contribution in [0.15, 0.2) is 85.1 Å². The Balaban J connectivity index is 1.55. The summed E-state index contributed by atoms with van der Waals surface area (Å²) in [5.74, 6) is 1.80. The first kappa shape index (κ1) is 18.8. The second kappa shape index (κ2) is 8.61. The van der Waals surface area contributed by atoms with Gasteiger partial charge in [-0.25, -0.2) is 4.98 Å². The Hall–Kier alpha value is -3.59. The summed E-state index contributed by atoms with van der Waals surface area (Å²) in [7, 11) is 1.68. The largest absolute Gasteiger partial charge is 0.497 e. The zero-order chi connectivity index (χ0) is 20.1. The molecule has 144 valence electrons. The van der Waals surface area contributed by atoms with E-state index >= 15 is 0 Å². The van der Waals surface area contributed by atoms with Gasteiger partial charge in [-0.1, -0.05) is 60.7 Å². The molecule has 0 bridgehead atoms. The van der Waals surface area contributed by atoms with Crippen molar-refractivity contribution in [2.45, 2.75) is 13.5 Å². The van der Waals surface area contributed by atoms with Gasteiger partial charge in [0, 0.05) is 18.3 Å². The predicted octanol–water partition coefficient (Wildman–Crippen LogP) is 6.42. The van der Waals surface area contributed by atoms with E-state index in [2.05, 4.69) is 78.4 Å². The zero-order valence-corrected chi connectivity index (χ0v) is 16.7. The van der Waals surface area contributed by atoms with E-state index in [1.165, 1.54) is 11.1 Å². The maximum Gasteiger partial charge on any atom is 0.133 e. The molecule has 3 heteroatoms. The Bertz CT molecular complexity index is 1090. The van der Waals surface area contributed by atoms with Crippen molar-refractivity contribution in [3.05, 3.63) is 96.4 Å². The number of ether oxygens (including phenoxy) is 1. The van der Waals surface area contributed by atoms with E-state index in [-0.39, 0.29) is 0 Å². The number of aromatic nitrogens is 2. The molecule has 0 saturated carbocycles. The summed E-state index contributed by atoms with van der Waals surface area (Å²) in [5, 5.41) is 0. The van der Waals surface area contributed by atoms with Crippen molar-refractivity contribution >= 4 is 12.2 Å². The molecule has 4 rings (SSSR count). The van der Waals surface area contributed by atoms with E-state index in [4.69, 9.17) is 9.72 Å². The van der Waals surface area contributed by atoms with Crippen LogP contribution in [-0.4, -0.2) is 16.7 Å². The molecule has 0 atom stereocenters. The van der Waals surface area contributed by atoms with E-state index in [1.54, 1.807) is 7.11 Å². The van der Waals surface area contributed by atoms with Gasteiger partial charge in [0.25, 0.3) is 0 Å². The van der Waals surface area contributed by atoms with Gasteiger partial charge < -0.3 is 9.30 Å². The molecule has 0 aliphatic heterocycles. The monoisotopic (exact) mass is 380 g/mol. The van der Waals surface area contributed by atoms with E-state index in [1.807, 2.05) is 30.3 Å². The molecule has 0 spiro atoms. The third-order valence-electron chi connectivity index (χ3n) is 4.98. The third kappa shape index (κ3) is 4.30. The van der Waals surface area contributed by atoms with Gasteiger partial charge in [-0.05, 0) is 54.0 Å². The predicted molar refractivity (Wildman–Crippen MR) is 121 cm³/mol. The highest BCUT2D eigenvalue weighted by Crippen LogP contribution is 2.23. The maximum atomic E-state index is 5.24. The van der Waals surface area contributed by atoms with Crippen molar-refractivity contribution < 1.29 is 4.74 Å². The second-order valence-corrected chi connectivity index (χ2v) is 6.82. The lowest BCUT2D eigenvalue weighted by Crippen LogP contribution is -1.94. The summed E-state index contributed by atoms with van der Waals surface area (Å²) in [4.78, 5) is 4.82. The smallest absolute Gasteiger partial charge is 0.133 e. The fraction of sp³-hybridized carbons (Fsp3) is 0.115. The third-order valence-corrected chi connectivity index (χ3v) is 4.98. The van der Waals surface area contributed by atoms with Crippen LogP contribution >= 0.6 is 0 Å². The summed E-state index contributed by atoms with van der Waals surface area (Å²) in [6.45, 7) is 3.00. The normalized spacial score (nSPS) is 11.1. The summed E-state index contributed by atoms with van der Waals surface area (Å²) in [5.41, 5.74) is 5.66. The van der Waals surface area contributed by atoms with Gasteiger partial charge in [0.1, 0.15) is 11.6 Å². The zero-order valence-electron chi connectivity index (χ0n) is 16.7. The van der Waals surface area contributed by atoms with Crippen LogP contribution in [0.5, 0.6) is 5.75 Å². The lowest BCUT2D eigenvalue weighted by Gasteiger charge is -2.02. The van der Waals surface area contributed by atoms with Crippen LogP contribution in [-0.2, 0) is 6.54 Å². The van der Waals surface area contributed by atoms with Crippen molar-refractivity contribution in [3.63, 3.8) is 0 Å². The highest BCUT2D eigenvalue weighted by molar-refractivity contribution is 5.71. The van der Waals surface area contributed by atoms with Crippen molar-refractivity contribution in [2.75, 3.05) is 7.11 Å². The standard InChI is InChI=1S/C26H24N2O/c1-3-28-19-25(23-14-16-24(29-2)17-15-23)27-26(28)18-11-20-9-12-22(13-10-20)21-7-5-4-6-8-21/h4-19H,3H2,1-2H3/b18-11+. The van der Waals surface area contributed by atoms with Crippen molar-refractivity contribution in [3.8, 4) is 28.1 Å². The number of imidazole rings is 1. The molecular formula is C26H24N2O. The first-order valence-corrected chi connectivity index (χ1v) is 9.82. The van der Waals surface area contributed by atoms with Crippen molar-refractivity contribution in [1.82, 2.24) is 9.55 Å². The molecule has 0 aliphatic rings. The summed E-state index contributed by atoms with van der Waals surface area (Å²) < 4.78 is 7.40. The van der Waals surface area contributed by atoms with E-state index in [0.29, 0.717) is 0 Å². The van der Waals surface area contributed by atoms with Gasteiger partial charge in [0.2, 0.25) is 0 Å². The number of aryl methyl sites for hydroxylation is 1. The molecule has 0 N–H and O–H groups in total. The topological polar surface area (TPSA) is 27.1 Å². The van der Waals surface area contributed by atoms with Crippen LogP contribution in [0.2, 0.25) is 0 Å². The van der Waals surface area contributed by atoms with Crippen LogP contribution in [0.3, 0.4) is 0 Å². The molecule has 4 aromatic rings. The van der Waals surface area contributed by atoms with Crippen molar-refractivity contribution in [1.29, 1.82) is 0 Å². The van der Waals surface area contributed by atoms with E-state index < -0.39 is 0 Å². The van der Waals surface area contributed by atoms with E-state index in [9.17, 15) is 0 Å². The average molecular weight is 380 g/mol. The quantitative estimate of drug-likeness (QED) is 0.386. The summed E-state index contributed by atoms with van der Waals surface area (Å²) in [6, 6.07) is 27.0. The minimum absolute atomic E-state index is 0.850. The Labute approximate surface area is 171 Å². The first-order chi connectivity index (χ1) is 14.3. The van der Waals surface area contributed by atoms with Crippen LogP contribution in [0.1, 0.15) is 18.3 Å². The minimum atomic E-state index is 0.850. The van der Waals surface area contributed by atoms with Crippen LogP contribution in [0, 0.1) is 0 Å². The molecule has 0 radical (unpaired) electrons. The Morgan fingerprint density at radius 1 is 0.793 bits per heavy atom. The highest BCUT2D eigenvalue weighted by Gasteiger charge is 2.07. The number of rotatable bonds is 6. The number of hydrogen-bond donors (Lipinski definition) is 0. The molecule has 29 heavy (non-hydrogen) atoms. The van der Waals surface area contributed by atoms with Gasteiger partial charge in [-0.15, -0.1) is 0 Å². The SMILES string of the molecule is CCn1cc(-c2ccc(OC)cc2)nc1/C=C/c1ccc(-c2ccccc2)cc1. The number of benzene rings is 3. The fourth-order valence-electron chi connectivity index (χ4n) is 3.31. The second-order valence-electron chi connectivity index (χ2n) is 6.82. The van der Waals surface area contributed by atoms with E-state index in [0.717, 1.165) is 34.9 Å². The lowest BCUT2D eigenvalue weighted by molar-refractivity contribution is 0.415. The molecule has 0 fully saturated rings. The fourth-order valence-corrected chi connectivity index (χ4v) is 3.31. The molecule has 0 aliphatic carbocycles. The van der Waals surface area contributed by atoms with Crippen LogP contribution in [0.4, 0.5) is 0 Å². The molecule has 0 saturated heterocycles. The molecular weight excluding hydrogens is 356 g/mol. The Kier molecular flexibility index (Phi) is 5.57. The Morgan fingerprint density at radius 3 is 2.10 bits per heavy atom. The molecule has 1 heterocycles. The summed E-state index contributed by atoms with van der Waals surface area (Å²) in [6.07, 6.45) is 6.29. The summed E-state index contributed by atoms with van der Waals surface area (Å²) >= 11 is 0. The van der Waals surface area contributed by atoms with Crippen LogP contribution < -0.4 is 4.74 Å². The first-order valence-electron chi connectivity index (χ1n) is 9.82. The van der Waals surface area contributed by atoms with Crippen molar-refractivity contribution in [2.24, 2.45) is 0 Å². The van der Waals surface area contributed by atoms with Gasteiger partial charge in [0.05, 0.1) is 12.8 Å². The maximum absolute atomic E-state index is 5.24. The number of methoxy groups -OCH3 is 1. The molecule has 3 nitrogen and oxygen atoms in total. The molecule has 1 aromatic heterocycles. The van der Waals surface area contributed by atoms with Gasteiger partial charge in [-0.3, -0.25) is 0 Å². The average Bonchev–Trinajstić information content (AvgIpc) is 3.22. The van der Waals surface area contributed by atoms with Gasteiger partial charge in [-0.2, -0.15) is 0 Å².